The van der Waals surface area contributed by atoms with Crippen molar-refractivity contribution in [1.29, 1.82) is 0 Å². The molecule has 2 heteroatoms. The summed E-state index contributed by atoms with van der Waals surface area (Å²) in [5.74, 6) is 0.284. The molecule has 0 aliphatic heterocycles. The third kappa shape index (κ3) is 2.85. The molecule has 1 aliphatic carbocycles. The fraction of sp³-hybridized carbons (Fsp3) is 0.500. The van der Waals surface area contributed by atoms with Gasteiger partial charge in [0, 0.05) is 6.42 Å². The van der Waals surface area contributed by atoms with E-state index in [9.17, 15) is 4.79 Å². The average molecular weight is 138 g/mol. The van der Waals surface area contributed by atoms with Crippen LogP contribution in [0, 0.1) is 0 Å². The SMILES string of the molecule is O=C1C=CCCC1.[CaH2]. The van der Waals surface area contributed by atoms with Crippen molar-refractivity contribution in [2.45, 2.75) is 19.3 Å². The molecule has 0 amide bonds. The zero-order chi connectivity index (χ0) is 5.11. The summed E-state index contributed by atoms with van der Waals surface area (Å²) in [5, 5.41) is 0. The van der Waals surface area contributed by atoms with E-state index in [2.05, 4.69) is 0 Å². The van der Waals surface area contributed by atoms with Gasteiger partial charge in [0.25, 0.3) is 0 Å². The maximum absolute atomic E-state index is 10.4. The van der Waals surface area contributed by atoms with Crippen molar-refractivity contribution >= 4 is 43.5 Å². The van der Waals surface area contributed by atoms with Crippen LogP contribution in [-0.2, 0) is 4.79 Å². The number of ketones is 1. The number of hydrogen-bond acceptors (Lipinski definition) is 1. The first-order valence-corrected chi connectivity index (χ1v) is 2.59. The number of rotatable bonds is 0. The van der Waals surface area contributed by atoms with Crippen LogP contribution in [0.4, 0.5) is 0 Å². The van der Waals surface area contributed by atoms with Crippen molar-refractivity contribution in [3.63, 3.8) is 0 Å². The zero-order valence-corrected chi connectivity index (χ0v) is 4.18. The summed E-state index contributed by atoms with van der Waals surface area (Å²) in [5.41, 5.74) is 0. The van der Waals surface area contributed by atoms with Crippen molar-refractivity contribution in [3.05, 3.63) is 12.2 Å². The van der Waals surface area contributed by atoms with E-state index < -0.39 is 0 Å². The monoisotopic (exact) mass is 138 g/mol. The van der Waals surface area contributed by atoms with Crippen molar-refractivity contribution < 1.29 is 4.79 Å². The van der Waals surface area contributed by atoms with E-state index in [-0.39, 0.29) is 43.5 Å². The second-order valence-electron chi connectivity index (χ2n) is 1.76. The molecular formula is C6H10CaO. The van der Waals surface area contributed by atoms with Crippen LogP contribution in [-0.4, -0.2) is 43.5 Å². The number of hydrogen-bond donors (Lipinski definition) is 0. The van der Waals surface area contributed by atoms with Gasteiger partial charge in [-0.05, 0) is 18.9 Å². The molecule has 0 aromatic heterocycles. The van der Waals surface area contributed by atoms with Gasteiger partial charge in [-0.25, -0.2) is 0 Å². The Morgan fingerprint density at radius 1 is 1.50 bits per heavy atom. The fourth-order valence-electron chi connectivity index (χ4n) is 0.692. The Hall–Kier alpha value is 0.670. The molecule has 1 aliphatic rings. The molecule has 8 heavy (non-hydrogen) atoms. The molecule has 0 N–H and O–H groups in total. The molecule has 42 valence electrons. The molecule has 0 saturated heterocycles. The third-order valence-corrected chi connectivity index (χ3v) is 1.10. The average Bonchev–Trinajstić information content (AvgIpc) is 1.69. The molecule has 0 atom stereocenters. The molecular weight excluding hydrogens is 128 g/mol. The molecule has 0 heterocycles. The van der Waals surface area contributed by atoms with Crippen molar-refractivity contribution in [3.8, 4) is 0 Å². The summed E-state index contributed by atoms with van der Waals surface area (Å²) in [4.78, 5) is 10.4. The number of carbonyl (C=O) groups excluding carboxylic acids is 1. The van der Waals surface area contributed by atoms with Crippen LogP contribution in [0.3, 0.4) is 0 Å². The van der Waals surface area contributed by atoms with Gasteiger partial charge in [0.15, 0.2) is 5.78 Å². The quantitative estimate of drug-likeness (QED) is 0.442. The Balaban J connectivity index is 0.000000490. The van der Waals surface area contributed by atoms with Gasteiger partial charge < -0.3 is 0 Å². The first kappa shape index (κ1) is 8.67. The van der Waals surface area contributed by atoms with Crippen LogP contribution in [0.25, 0.3) is 0 Å². The van der Waals surface area contributed by atoms with E-state index in [0.29, 0.717) is 0 Å². The van der Waals surface area contributed by atoms with Gasteiger partial charge in [0.1, 0.15) is 0 Å². The summed E-state index contributed by atoms with van der Waals surface area (Å²) in [6.45, 7) is 0. The summed E-state index contributed by atoms with van der Waals surface area (Å²) in [7, 11) is 0. The predicted molar refractivity (Wildman–Crippen MR) is 36.5 cm³/mol. The first-order chi connectivity index (χ1) is 3.39. The van der Waals surface area contributed by atoms with Gasteiger partial charge in [-0.3, -0.25) is 4.79 Å². The second kappa shape index (κ2) is 4.54. The Morgan fingerprint density at radius 2 is 2.25 bits per heavy atom. The van der Waals surface area contributed by atoms with E-state index in [4.69, 9.17) is 0 Å². The molecule has 0 saturated carbocycles. The van der Waals surface area contributed by atoms with Gasteiger partial charge in [-0.1, -0.05) is 6.08 Å². The fourth-order valence-corrected chi connectivity index (χ4v) is 0.692. The zero-order valence-electron chi connectivity index (χ0n) is 4.18. The second-order valence-corrected chi connectivity index (χ2v) is 1.76. The molecule has 0 fully saturated rings. The summed E-state index contributed by atoms with van der Waals surface area (Å²) >= 11 is 0. The van der Waals surface area contributed by atoms with Crippen molar-refractivity contribution in [2.24, 2.45) is 0 Å². The van der Waals surface area contributed by atoms with Crippen LogP contribution in [0.1, 0.15) is 19.3 Å². The summed E-state index contributed by atoms with van der Waals surface area (Å²) in [6, 6.07) is 0. The van der Waals surface area contributed by atoms with Gasteiger partial charge in [0.05, 0.1) is 0 Å². The maximum atomic E-state index is 10.4. The van der Waals surface area contributed by atoms with Crippen LogP contribution in [0.5, 0.6) is 0 Å². The molecule has 0 spiro atoms. The first-order valence-electron chi connectivity index (χ1n) is 2.59. The van der Waals surface area contributed by atoms with Gasteiger partial charge in [0.2, 0.25) is 0 Å². The molecule has 0 unspecified atom stereocenters. The van der Waals surface area contributed by atoms with E-state index in [1.54, 1.807) is 6.08 Å². The predicted octanol–water partition coefficient (Wildman–Crippen LogP) is 0.379. The minimum absolute atomic E-state index is 0. The van der Waals surface area contributed by atoms with E-state index in [1.165, 1.54) is 0 Å². The summed E-state index contributed by atoms with van der Waals surface area (Å²) in [6.07, 6.45) is 6.51. The van der Waals surface area contributed by atoms with Crippen LogP contribution < -0.4 is 0 Å². The number of carbonyl (C=O) groups is 1. The van der Waals surface area contributed by atoms with Crippen molar-refractivity contribution in [1.82, 2.24) is 0 Å². The minimum atomic E-state index is 0. The molecule has 1 nitrogen and oxygen atoms in total. The molecule has 0 bridgehead atoms. The Labute approximate surface area is 79.1 Å². The molecule has 0 radical (unpaired) electrons. The number of allylic oxidation sites excluding steroid dienone is 2. The van der Waals surface area contributed by atoms with Gasteiger partial charge in [-0.15, -0.1) is 0 Å². The Kier molecular flexibility index (Phi) is 4.92. The van der Waals surface area contributed by atoms with Crippen LogP contribution in [0.15, 0.2) is 12.2 Å². The van der Waals surface area contributed by atoms with E-state index >= 15 is 0 Å². The normalized spacial score (nSPS) is 17.8. The standard InChI is InChI=1S/C6H8O.Ca.2H/c7-6-4-2-1-3-5-6;;;/h2,4H,1,3,5H2;;;. The van der Waals surface area contributed by atoms with Crippen molar-refractivity contribution in [2.75, 3.05) is 0 Å². The summed E-state index contributed by atoms with van der Waals surface area (Å²) < 4.78 is 0. The van der Waals surface area contributed by atoms with E-state index in [0.717, 1.165) is 19.3 Å². The molecule has 0 aromatic rings. The van der Waals surface area contributed by atoms with Gasteiger partial charge >= 0.3 is 37.7 Å². The van der Waals surface area contributed by atoms with Crippen LogP contribution >= 0.6 is 0 Å². The third-order valence-electron chi connectivity index (χ3n) is 1.10. The Bertz CT molecular complexity index is 107. The van der Waals surface area contributed by atoms with E-state index in [1.807, 2.05) is 6.08 Å². The van der Waals surface area contributed by atoms with Crippen LogP contribution in [0.2, 0.25) is 0 Å². The molecule has 1 rings (SSSR count). The molecule has 0 aromatic carbocycles. The Morgan fingerprint density at radius 3 is 2.50 bits per heavy atom. The van der Waals surface area contributed by atoms with Gasteiger partial charge in [-0.2, -0.15) is 0 Å². The topological polar surface area (TPSA) is 17.1 Å².